The van der Waals surface area contributed by atoms with E-state index >= 15 is 0 Å². The SMILES string of the molecule is Cc1cccn2c(-c3cccnc3)nc(C(=O)O)c12. The van der Waals surface area contributed by atoms with Crippen molar-refractivity contribution in [3.8, 4) is 11.4 Å². The summed E-state index contributed by atoms with van der Waals surface area (Å²) in [5.41, 5.74) is 2.35. The first kappa shape index (κ1) is 11.4. The molecular weight excluding hydrogens is 242 g/mol. The Bertz CT molecular complexity index is 763. The third-order valence-electron chi connectivity index (χ3n) is 2.99. The van der Waals surface area contributed by atoms with Gasteiger partial charge in [0.15, 0.2) is 5.69 Å². The number of aromatic nitrogens is 3. The van der Waals surface area contributed by atoms with E-state index in [0.29, 0.717) is 11.3 Å². The number of carbonyl (C=O) groups is 1. The summed E-state index contributed by atoms with van der Waals surface area (Å²) < 4.78 is 1.79. The normalized spacial score (nSPS) is 10.8. The van der Waals surface area contributed by atoms with E-state index in [4.69, 9.17) is 0 Å². The van der Waals surface area contributed by atoms with Gasteiger partial charge in [-0.25, -0.2) is 9.78 Å². The molecule has 0 unspecified atom stereocenters. The topological polar surface area (TPSA) is 67.5 Å². The average molecular weight is 253 g/mol. The van der Waals surface area contributed by atoms with Crippen LogP contribution in [0.5, 0.6) is 0 Å². The maximum atomic E-state index is 11.3. The standard InChI is InChI=1S/C14H11N3O2/c1-9-4-3-7-17-12(9)11(14(18)19)16-13(17)10-5-2-6-15-8-10/h2-8H,1H3,(H,18,19). The van der Waals surface area contributed by atoms with Gasteiger partial charge in [0.2, 0.25) is 0 Å². The van der Waals surface area contributed by atoms with Crippen molar-refractivity contribution in [3.05, 3.63) is 54.1 Å². The second kappa shape index (κ2) is 4.20. The monoisotopic (exact) mass is 253 g/mol. The molecule has 19 heavy (non-hydrogen) atoms. The van der Waals surface area contributed by atoms with E-state index in [-0.39, 0.29) is 5.69 Å². The summed E-state index contributed by atoms with van der Waals surface area (Å²) in [6.07, 6.45) is 5.15. The Morgan fingerprint density at radius 3 is 2.84 bits per heavy atom. The van der Waals surface area contributed by atoms with Crippen LogP contribution < -0.4 is 0 Å². The number of hydrogen-bond acceptors (Lipinski definition) is 3. The molecule has 3 heterocycles. The van der Waals surface area contributed by atoms with Crippen LogP contribution in [0.25, 0.3) is 16.9 Å². The van der Waals surface area contributed by atoms with Gasteiger partial charge in [0.1, 0.15) is 5.82 Å². The number of fused-ring (bicyclic) bond motifs is 1. The molecule has 0 aliphatic carbocycles. The molecule has 0 saturated carbocycles. The lowest BCUT2D eigenvalue weighted by atomic mass is 10.2. The van der Waals surface area contributed by atoms with Gasteiger partial charge >= 0.3 is 5.97 Å². The summed E-state index contributed by atoms with van der Waals surface area (Å²) in [6, 6.07) is 7.40. The minimum atomic E-state index is -1.03. The van der Waals surface area contributed by atoms with Crippen molar-refractivity contribution in [2.45, 2.75) is 6.92 Å². The lowest BCUT2D eigenvalue weighted by Crippen LogP contribution is -1.98. The van der Waals surface area contributed by atoms with Crippen LogP contribution in [-0.2, 0) is 0 Å². The van der Waals surface area contributed by atoms with Gasteiger partial charge in [0.05, 0.1) is 5.52 Å². The van der Waals surface area contributed by atoms with Crippen LogP contribution in [0.2, 0.25) is 0 Å². The van der Waals surface area contributed by atoms with Crippen molar-refractivity contribution in [2.75, 3.05) is 0 Å². The molecule has 0 atom stereocenters. The third-order valence-corrected chi connectivity index (χ3v) is 2.99. The van der Waals surface area contributed by atoms with E-state index in [0.717, 1.165) is 11.1 Å². The second-order valence-electron chi connectivity index (χ2n) is 4.24. The fraction of sp³-hybridized carbons (Fsp3) is 0.0714. The summed E-state index contributed by atoms with van der Waals surface area (Å²) in [7, 11) is 0. The summed E-state index contributed by atoms with van der Waals surface area (Å²) in [6.45, 7) is 1.87. The Labute approximate surface area is 109 Å². The highest BCUT2D eigenvalue weighted by Gasteiger charge is 2.18. The van der Waals surface area contributed by atoms with Crippen LogP contribution in [0, 0.1) is 6.92 Å². The van der Waals surface area contributed by atoms with Crippen LogP contribution in [0.1, 0.15) is 16.1 Å². The maximum Gasteiger partial charge on any atom is 0.356 e. The molecule has 0 amide bonds. The molecule has 0 bridgehead atoms. The molecule has 3 aromatic rings. The summed E-state index contributed by atoms with van der Waals surface area (Å²) in [5, 5.41) is 9.28. The molecule has 0 spiro atoms. The van der Waals surface area contributed by atoms with E-state index in [9.17, 15) is 9.90 Å². The molecule has 1 N–H and O–H groups in total. The Hall–Kier alpha value is -2.69. The Morgan fingerprint density at radius 1 is 1.32 bits per heavy atom. The number of aromatic carboxylic acids is 1. The molecular formula is C14H11N3O2. The molecule has 0 fully saturated rings. The molecule has 0 radical (unpaired) electrons. The van der Waals surface area contributed by atoms with Gasteiger partial charge in [-0.2, -0.15) is 0 Å². The molecule has 5 heteroatoms. The highest BCUT2D eigenvalue weighted by atomic mass is 16.4. The van der Waals surface area contributed by atoms with E-state index in [1.54, 1.807) is 22.9 Å². The maximum absolute atomic E-state index is 11.3. The van der Waals surface area contributed by atoms with Gasteiger partial charge in [-0.15, -0.1) is 0 Å². The van der Waals surface area contributed by atoms with Crippen molar-refractivity contribution in [2.24, 2.45) is 0 Å². The quantitative estimate of drug-likeness (QED) is 0.761. The van der Waals surface area contributed by atoms with Gasteiger partial charge < -0.3 is 5.11 Å². The van der Waals surface area contributed by atoms with E-state index < -0.39 is 5.97 Å². The molecule has 0 aromatic carbocycles. The van der Waals surface area contributed by atoms with Gasteiger partial charge in [0, 0.05) is 24.2 Å². The third kappa shape index (κ3) is 1.76. The highest BCUT2D eigenvalue weighted by molar-refractivity contribution is 5.96. The number of carboxylic acid groups (broad SMARTS) is 1. The van der Waals surface area contributed by atoms with Gasteiger partial charge in [0.25, 0.3) is 0 Å². The average Bonchev–Trinajstić information content (AvgIpc) is 2.81. The predicted molar refractivity (Wildman–Crippen MR) is 70.1 cm³/mol. The number of hydrogen-bond donors (Lipinski definition) is 1. The summed E-state index contributed by atoms with van der Waals surface area (Å²) in [5.74, 6) is -0.439. The van der Waals surface area contributed by atoms with Crippen molar-refractivity contribution in [1.29, 1.82) is 0 Å². The molecule has 3 rings (SSSR count). The number of rotatable bonds is 2. The largest absolute Gasteiger partial charge is 0.476 e. The van der Waals surface area contributed by atoms with Crippen LogP contribution in [0.4, 0.5) is 0 Å². The van der Waals surface area contributed by atoms with Crippen molar-refractivity contribution in [3.63, 3.8) is 0 Å². The first-order valence-electron chi connectivity index (χ1n) is 5.80. The molecule has 94 valence electrons. The van der Waals surface area contributed by atoms with Crippen LogP contribution in [-0.4, -0.2) is 25.4 Å². The Balaban J connectivity index is 2.39. The van der Waals surface area contributed by atoms with Crippen molar-refractivity contribution >= 4 is 11.5 Å². The molecule has 0 aliphatic rings. The summed E-state index contributed by atoms with van der Waals surface area (Å²) in [4.78, 5) is 19.6. The second-order valence-corrected chi connectivity index (χ2v) is 4.24. The first-order valence-corrected chi connectivity index (χ1v) is 5.80. The van der Waals surface area contributed by atoms with Gasteiger partial charge in [-0.3, -0.25) is 9.38 Å². The van der Waals surface area contributed by atoms with Crippen LogP contribution >= 0.6 is 0 Å². The van der Waals surface area contributed by atoms with E-state index in [1.807, 2.05) is 31.3 Å². The lowest BCUT2D eigenvalue weighted by molar-refractivity contribution is 0.0693. The summed E-state index contributed by atoms with van der Waals surface area (Å²) >= 11 is 0. The number of imidazole rings is 1. The predicted octanol–water partition coefficient (Wildman–Crippen LogP) is 2.40. The number of carboxylic acids is 1. The van der Waals surface area contributed by atoms with Gasteiger partial charge in [-0.1, -0.05) is 6.07 Å². The fourth-order valence-corrected chi connectivity index (χ4v) is 2.15. The zero-order valence-corrected chi connectivity index (χ0v) is 10.2. The van der Waals surface area contributed by atoms with Crippen molar-refractivity contribution in [1.82, 2.24) is 14.4 Å². The zero-order valence-electron chi connectivity index (χ0n) is 10.2. The van der Waals surface area contributed by atoms with Crippen LogP contribution in [0.3, 0.4) is 0 Å². The fourth-order valence-electron chi connectivity index (χ4n) is 2.15. The Morgan fingerprint density at radius 2 is 2.16 bits per heavy atom. The highest BCUT2D eigenvalue weighted by Crippen LogP contribution is 2.24. The van der Waals surface area contributed by atoms with Crippen molar-refractivity contribution < 1.29 is 9.90 Å². The number of pyridine rings is 2. The molecule has 0 saturated heterocycles. The van der Waals surface area contributed by atoms with E-state index in [1.165, 1.54) is 0 Å². The number of aryl methyl sites for hydroxylation is 1. The Kier molecular flexibility index (Phi) is 2.52. The zero-order chi connectivity index (χ0) is 13.4. The lowest BCUT2D eigenvalue weighted by Gasteiger charge is -2.02. The van der Waals surface area contributed by atoms with Crippen LogP contribution in [0.15, 0.2) is 42.9 Å². The minimum Gasteiger partial charge on any atom is -0.476 e. The first-order chi connectivity index (χ1) is 9.18. The molecule has 3 aromatic heterocycles. The minimum absolute atomic E-state index is 0.0666. The molecule has 5 nitrogen and oxygen atoms in total. The van der Waals surface area contributed by atoms with E-state index in [2.05, 4.69) is 9.97 Å². The molecule has 0 aliphatic heterocycles. The van der Waals surface area contributed by atoms with Gasteiger partial charge in [-0.05, 0) is 30.7 Å². The smallest absolute Gasteiger partial charge is 0.356 e. The number of nitrogens with zero attached hydrogens (tertiary/aromatic N) is 3.